The van der Waals surface area contributed by atoms with E-state index in [0.717, 1.165) is 10.0 Å². The molecule has 0 aliphatic carbocycles. The minimum absolute atomic E-state index is 0. The van der Waals surface area contributed by atoms with Crippen molar-refractivity contribution < 1.29 is 9.53 Å². The van der Waals surface area contributed by atoms with Crippen molar-refractivity contribution in [3.8, 4) is 0 Å². The van der Waals surface area contributed by atoms with Crippen LogP contribution >= 0.6 is 39.9 Å². The van der Waals surface area contributed by atoms with Crippen LogP contribution in [-0.2, 0) is 9.53 Å². The highest BCUT2D eigenvalue weighted by Crippen LogP contribution is 2.37. The molecule has 0 spiro atoms. The number of methoxy groups -OCH3 is 1. The van der Waals surface area contributed by atoms with Crippen LogP contribution in [0.5, 0.6) is 0 Å². The predicted octanol–water partition coefficient (Wildman–Crippen LogP) is 3.72. The Kier molecular flexibility index (Phi) is 6.65. The van der Waals surface area contributed by atoms with E-state index in [1.54, 1.807) is 26.0 Å². The van der Waals surface area contributed by atoms with Gasteiger partial charge in [-0.2, -0.15) is 0 Å². The van der Waals surface area contributed by atoms with Gasteiger partial charge >= 0.3 is 5.97 Å². The van der Waals surface area contributed by atoms with Crippen molar-refractivity contribution in [2.45, 2.75) is 19.9 Å². The normalized spacial score (nSPS) is 12.6. The fourth-order valence-corrected chi connectivity index (χ4v) is 2.21. The highest BCUT2D eigenvalue weighted by Gasteiger charge is 2.37. The maximum Gasteiger partial charge on any atom is 0.313 e. The number of carbonyl (C=O) groups is 1. The van der Waals surface area contributed by atoms with Crippen molar-refractivity contribution in [1.82, 2.24) is 0 Å². The Morgan fingerprint density at radius 2 is 2.06 bits per heavy atom. The molecule has 0 aromatic heterocycles. The first kappa shape index (κ1) is 17.7. The first-order valence-corrected chi connectivity index (χ1v) is 6.26. The summed E-state index contributed by atoms with van der Waals surface area (Å²) in [5, 5.41) is 0.583. The lowest BCUT2D eigenvalue weighted by Gasteiger charge is -2.29. The molecule has 0 amide bonds. The predicted molar refractivity (Wildman–Crippen MR) is 79.1 cm³/mol. The largest absolute Gasteiger partial charge is 0.469 e. The molecule has 0 bridgehead atoms. The summed E-state index contributed by atoms with van der Waals surface area (Å²) in [6.45, 7) is 3.49. The Labute approximate surface area is 127 Å². The van der Waals surface area contributed by atoms with Crippen LogP contribution < -0.4 is 5.73 Å². The molecule has 18 heavy (non-hydrogen) atoms. The fourth-order valence-electron chi connectivity index (χ4n) is 1.53. The molecule has 1 aromatic carbocycles. The summed E-state index contributed by atoms with van der Waals surface area (Å²) in [7, 11) is 1.35. The smallest absolute Gasteiger partial charge is 0.313 e. The second kappa shape index (κ2) is 6.75. The molecule has 6 heteroatoms. The SMILES string of the molecule is COC(=O)C(C)(C)[C@@H](N)c1cc(Cl)ccc1Br.Cl. The molecule has 0 aliphatic heterocycles. The second-order valence-electron chi connectivity index (χ2n) is 4.36. The van der Waals surface area contributed by atoms with Gasteiger partial charge in [-0.25, -0.2) is 0 Å². The first-order valence-electron chi connectivity index (χ1n) is 5.09. The molecule has 1 rings (SSSR count). The lowest BCUT2D eigenvalue weighted by atomic mass is 9.81. The zero-order valence-corrected chi connectivity index (χ0v) is 13.5. The van der Waals surface area contributed by atoms with Gasteiger partial charge in [-0.3, -0.25) is 4.79 Å². The van der Waals surface area contributed by atoms with Gasteiger partial charge in [0.05, 0.1) is 12.5 Å². The molecule has 0 saturated carbocycles. The summed E-state index contributed by atoms with van der Waals surface area (Å²) in [5.41, 5.74) is 6.10. The summed E-state index contributed by atoms with van der Waals surface area (Å²) in [6.07, 6.45) is 0. The molecule has 0 fully saturated rings. The van der Waals surface area contributed by atoms with E-state index in [4.69, 9.17) is 22.1 Å². The van der Waals surface area contributed by atoms with Gasteiger partial charge in [-0.15, -0.1) is 12.4 Å². The summed E-state index contributed by atoms with van der Waals surface area (Å²) in [5.74, 6) is -0.350. The van der Waals surface area contributed by atoms with Crippen LogP contribution in [-0.4, -0.2) is 13.1 Å². The van der Waals surface area contributed by atoms with Gasteiger partial charge in [0.1, 0.15) is 0 Å². The van der Waals surface area contributed by atoms with E-state index in [-0.39, 0.29) is 18.4 Å². The minimum atomic E-state index is -0.818. The highest BCUT2D eigenvalue weighted by molar-refractivity contribution is 9.10. The zero-order valence-electron chi connectivity index (χ0n) is 10.4. The standard InChI is InChI=1S/C12H15BrClNO2.ClH/c1-12(2,11(16)17-3)10(15)8-6-7(14)4-5-9(8)13;/h4-6,10H,15H2,1-3H3;1H/t10-;/m0./s1. The van der Waals surface area contributed by atoms with Crippen LogP contribution in [0, 0.1) is 5.41 Å². The monoisotopic (exact) mass is 355 g/mol. The molecule has 1 atom stereocenters. The van der Waals surface area contributed by atoms with Gasteiger partial charge < -0.3 is 10.5 Å². The number of hydrogen-bond donors (Lipinski definition) is 1. The summed E-state index contributed by atoms with van der Waals surface area (Å²) < 4.78 is 5.59. The number of halogens is 3. The van der Waals surface area contributed by atoms with E-state index in [1.165, 1.54) is 7.11 Å². The van der Waals surface area contributed by atoms with E-state index in [0.29, 0.717) is 5.02 Å². The van der Waals surface area contributed by atoms with Gasteiger partial charge in [-0.1, -0.05) is 27.5 Å². The van der Waals surface area contributed by atoms with E-state index in [9.17, 15) is 4.79 Å². The second-order valence-corrected chi connectivity index (χ2v) is 5.65. The maximum atomic E-state index is 11.7. The van der Waals surface area contributed by atoms with Crippen LogP contribution in [0.4, 0.5) is 0 Å². The van der Waals surface area contributed by atoms with Crippen LogP contribution in [0.3, 0.4) is 0 Å². The van der Waals surface area contributed by atoms with Crippen molar-refractivity contribution in [2.24, 2.45) is 11.1 Å². The van der Waals surface area contributed by atoms with Crippen molar-refractivity contribution >= 4 is 45.9 Å². The van der Waals surface area contributed by atoms with Crippen molar-refractivity contribution in [3.63, 3.8) is 0 Å². The number of nitrogens with two attached hydrogens (primary N) is 1. The third kappa shape index (κ3) is 3.60. The molecule has 0 aliphatic rings. The first-order chi connectivity index (χ1) is 7.80. The molecule has 0 unspecified atom stereocenters. The van der Waals surface area contributed by atoms with Gasteiger partial charge in [0.15, 0.2) is 0 Å². The molecule has 1 aromatic rings. The summed E-state index contributed by atoms with van der Waals surface area (Å²) in [4.78, 5) is 11.7. The maximum absolute atomic E-state index is 11.7. The molecule has 3 nitrogen and oxygen atoms in total. The fraction of sp³-hybridized carbons (Fsp3) is 0.417. The molecular formula is C12H16BrCl2NO2. The van der Waals surface area contributed by atoms with Crippen LogP contribution in [0.1, 0.15) is 25.5 Å². The number of rotatable bonds is 3. The molecule has 0 radical (unpaired) electrons. The van der Waals surface area contributed by atoms with Crippen LogP contribution in [0.25, 0.3) is 0 Å². The number of esters is 1. The van der Waals surface area contributed by atoms with E-state index < -0.39 is 11.5 Å². The Balaban J connectivity index is 0.00000289. The lowest BCUT2D eigenvalue weighted by Crippen LogP contribution is -2.37. The Morgan fingerprint density at radius 1 is 1.50 bits per heavy atom. The number of carbonyl (C=O) groups excluding carboxylic acids is 1. The van der Waals surface area contributed by atoms with Crippen molar-refractivity contribution in [1.29, 1.82) is 0 Å². The minimum Gasteiger partial charge on any atom is -0.469 e. The molecule has 2 N–H and O–H groups in total. The lowest BCUT2D eigenvalue weighted by molar-refractivity contribution is -0.152. The van der Waals surface area contributed by atoms with Crippen LogP contribution in [0.2, 0.25) is 5.02 Å². The summed E-state index contributed by atoms with van der Waals surface area (Å²) >= 11 is 9.34. The zero-order chi connectivity index (χ0) is 13.2. The van der Waals surface area contributed by atoms with Crippen molar-refractivity contribution in [2.75, 3.05) is 7.11 Å². The van der Waals surface area contributed by atoms with E-state index in [1.807, 2.05) is 6.07 Å². The number of hydrogen-bond acceptors (Lipinski definition) is 3. The molecule has 102 valence electrons. The number of ether oxygens (including phenoxy) is 1. The quantitative estimate of drug-likeness (QED) is 0.839. The van der Waals surface area contributed by atoms with Gasteiger partial charge in [0.25, 0.3) is 0 Å². The topological polar surface area (TPSA) is 52.3 Å². The Morgan fingerprint density at radius 3 is 2.56 bits per heavy atom. The van der Waals surface area contributed by atoms with Gasteiger partial charge in [-0.05, 0) is 37.6 Å². The Bertz CT molecular complexity index is 438. The van der Waals surface area contributed by atoms with Crippen LogP contribution in [0.15, 0.2) is 22.7 Å². The average molecular weight is 357 g/mol. The van der Waals surface area contributed by atoms with Crippen molar-refractivity contribution in [3.05, 3.63) is 33.3 Å². The van der Waals surface area contributed by atoms with Gasteiger partial charge in [0.2, 0.25) is 0 Å². The average Bonchev–Trinajstić information content (AvgIpc) is 2.30. The van der Waals surface area contributed by atoms with E-state index >= 15 is 0 Å². The Hall–Kier alpha value is -0.290. The van der Waals surface area contributed by atoms with Gasteiger partial charge in [0, 0.05) is 15.5 Å². The van der Waals surface area contributed by atoms with E-state index in [2.05, 4.69) is 15.9 Å². The number of benzene rings is 1. The molecular weight excluding hydrogens is 341 g/mol. The molecule has 0 heterocycles. The summed E-state index contributed by atoms with van der Waals surface area (Å²) in [6, 6.07) is 4.82. The molecule has 0 saturated heterocycles. The third-order valence-corrected chi connectivity index (χ3v) is 3.74. The highest BCUT2D eigenvalue weighted by atomic mass is 79.9. The third-order valence-electron chi connectivity index (χ3n) is 2.78.